The molecule has 3 heteroatoms. The van der Waals surface area contributed by atoms with E-state index in [0.29, 0.717) is 6.04 Å². The first kappa shape index (κ1) is 15.5. The average molecular weight is 276 g/mol. The Labute approximate surface area is 123 Å². The number of benzene rings is 1. The molecule has 0 amide bonds. The van der Waals surface area contributed by atoms with Gasteiger partial charge >= 0.3 is 0 Å². The highest BCUT2D eigenvalue weighted by Crippen LogP contribution is 2.16. The van der Waals surface area contributed by atoms with E-state index < -0.39 is 0 Å². The summed E-state index contributed by atoms with van der Waals surface area (Å²) in [5.41, 5.74) is 2.81. The Hall–Kier alpha value is -0.900. The third kappa shape index (κ3) is 4.58. The minimum Gasteiger partial charge on any atom is -0.380 e. The van der Waals surface area contributed by atoms with E-state index in [2.05, 4.69) is 48.3 Å². The standard InChI is InChI=1S/C17H28N2O/c1-3-15-6-8-16(9-7-15)17(18-4-2)14-19-10-5-12-20-13-11-19/h6-9,17-18H,3-5,10-14H2,1-2H3. The molecule has 1 aromatic rings. The minimum absolute atomic E-state index is 0.420. The summed E-state index contributed by atoms with van der Waals surface area (Å²) in [6, 6.07) is 9.49. The predicted molar refractivity (Wildman–Crippen MR) is 84.1 cm³/mol. The van der Waals surface area contributed by atoms with Crippen LogP contribution in [0.1, 0.15) is 37.4 Å². The van der Waals surface area contributed by atoms with Crippen LogP contribution in [0.3, 0.4) is 0 Å². The summed E-state index contributed by atoms with van der Waals surface area (Å²) in [5, 5.41) is 3.62. The van der Waals surface area contributed by atoms with Gasteiger partial charge in [0.05, 0.1) is 6.61 Å². The smallest absolute Gasteiger partial charge is 0.0593 e. The molecule has 20 heavy (non-hydrogen) atoms. The van der Waals surface area contributed by atoms with Gasteiger partial charge in [-0.25, -0.2) is 0 Å². The average Bonchev–Trinajstić information content (AvgIpc) is 2.76. The number of nitrogens with one attached hydrogen (secondary N) is 1. The number of likely N-dealkylation sites (N-methyl/N-ethyl adjacent to an activating group) is 1. The number of aryl methyl sites for hydroxylation is 1. The van der Waals surface area contributed by atoms with Gasteiger partial charge in [0.15, 0.2) is 0 Å². The SMILES string of the molecule is CCNC(CN1CCCOCC1)c1ccc(CC)cc1. The van der Waals surface area contributed by atoms with Crippen molar-refractivity contribution >= 4 is 0 Å². The molecule has 0 radical (unpaired) electrons. The number of nitrogens with zero attached hydrogens (tertiary/aromatic N) is 1. The van der Waals surface area contributed by atoms with Crippen LogP contribution in [0, 0.1) is 0 Å². The number of hydrogen-bond acceptors (Lipinski definition) is 3. The Morgan fingerprint density at radius 1 is 1.15 bits per heavy atom. The van der Waals surface area contributed by atoms with Crippen molar-refractivity contribution in [3.8, 4) is 0 Å². The fourth-order valence-electron chi connectivity index (χ4n) is 2.76. The van der Waals surface area contributed by atoms with Crippen LogP contribution in [0.4, 0.5) is 0 Å². The van der Waals surface area contributed by atoms with Crippen LogP contribution in [0.5, 0.6) is 0 Å². The summed E-state index contributed by atoms with van der Waals surface area (Å²) in [7, 11) is 0. The monoisotopic (exact) mass is 276 g/mol. The predicted octanol–water partition coefficient (Wildman–Crippen LogP) is 2.62. The lowest BCUT2D eigenvalue weighted by Crippen LogP contribution is -2.36. The van der Waals surface area contributed by atoms with Crippen LogP contribution in [-0.4, -0.2) is 44.3 Å². The zero-order chi connectivity index (χ0) is 14.2. The summed E-state index contributed by atoms with van der Waals surface area (Å²) in [6.07, 6.45) is 2.25. The molecule has 1 saturated heterocycles. The molecule has 1 fully saturated rings. The third-order valence-corrected chi connectivity index (χ3v) is 4.00. The van der Waals surface area contributed by atoms with Gasteiger partial charge in [-0.2, -0.15) is 0 Å². The molecule has 112 valence electrons. The second-order valence-electron chi connectivity index (χ2n) is 5.47. The van der Waals surface area contributed by atoms with Gasteiger partial charge < -0.3 is 10.1 Å². The van der Waals surface area contributed by atoms with Crippen molar-refractivity contribution in [2.75, 3.05) is 39.4 Å². The van der Waals surface area contributed by atoms with Crippen LogP contribution < -0.4 is 5.32 Å². The summed E-state index contributed by atoms with van der Waals surface area (Å²) in [4.78, 5) is 2.52. The molecular formula is C17H28N2O. The van der Waals surface area contributed by atoms with Crippen LogP contribution in [0.25, 0.3) is 0 Å². The van der Waals surface area contributed by atoms with Gasteiger partial charge in [-0.3, -0.25) is 4.90 Å². The maximum absolute atomic E-state index is 5.54. The molecule has 1 N–H and O–H groups in total. The molecule has 0 aromatic heterocycles. The van der Waals surface area contributed by atoms with Gasteiger partial charge in [0.1, 0.15) is 0 Å². The summed E-state index contributed by atoms with van der Waals surface area (Å²) < 4.78 is 5.54. The molecule has 0 saturated carbocycles. The van der Waals surface area contributed by atoms with Crippen molar-refractivity contribution in [2.24, 2.45) is 0 Å². The lowest BCUT2D eigenvalue weighted by Gasteiger charge is -2.27. The van der Waals surface area contributed by atoms with Crippen molar-refractivity contribution in [3.63, 3.8) is 0 Å². The molecule has 1 aliphatic heterocycles. The fraction of sp³-hybridized carbons (Fsp3) is 0.647. The molecule has 1 heterocycles. The van der Waals surface area contributed by atoms with Gasteiger partial charge in [0.25, 0.3) is 0 Å². The normalized spacial score (nSPS) is 18.7. The zero-order valence-corrected chi connectivity index (χ0v) is 12.9. The maximum Gasteiger partial charge on any atom is 0.0593 e. The Kier molecular flexibility index (Phi) is 6.51. The number of ether oxygens (including phenoxy) is 1. The van der Waals surface area contributed by atoms with Crippen LogP contribution in [-0.2, 0) is 11.2 Å². The van der Waals surface area contributed by atoms with Gasteiger partial charge in [-0.15, -0.1) is 0 Å². The summed E-state index contributed by atoms with van der Waals surface area (Å²) in [5.74, 6) is 0. The third-order valence-electron chi connectivity index (χ3n) is 4.00. The summed E-state index contributed by atoms with van der Waals surface area (Å²) in [6.45, 7) is 10.4. The van der Waals surface area contributed by atoms with E-state index in [1.807, 2.05) is 0 Å². The fourth-order valence-corrected chi connectivity index (χ4v) is 2.76. The first-order chi connectivity index (χ1) is 9.83. The highest BCUT2D eigenvalue weighted by Gasteiger charge is 2.16. The molecule has 2 rings (SSSR count). The van der Waals surface area contributed by atoms with Crippen molar-refractivity contribution in [1.82, 2.24) is 10.2 Å². The van der Waals surface area contributed by atoms with Crippen LogP contribution in [0.15, 0.2) is 24.3 Å². The van der Waals surface area contributed by atoms with Crippen molar-refractivity contribution in [1.29, 1.82) is 0 Å². The van der Waals surface area contributed by atoms with E-state index in [4.69, 9.17) is 4.74 Å². The second-order valence-corrected chi connectivity index (χ2v) is 5.47. The quantitative estimate of drug-likeness (QED) is 0.864. The number of hydrogen-bond donors (Lipinski definition) is 1. The van der Waals surface area contributed by atoms with Crippen molar-refractivity contribution in [3.05, 3.63) is 35.4 Å². The molecule has 0 spiro atoms. The molecule has 0 bridgehead atoms. The topological polar surface area (TPSA) is 24.5 Å². The zero-order valence-electron chi connectivity index (χ0n) is 12.9. The van der Waals surface area contributed by atoms with Gasteiger partial charge in [-0.1, -0.05) is 38.1 Å². The molecular weight excluding hydrogens is 248 g/mol. The molecule has 1 aliphatic rings. The maximum atomic E-state index is 5.54. The minimum atomic E-state index is 0.420. The highest BCUT2D eigenvalue weighted by molar-refractivity contribution is 5.25. The van der Waals surface area contributed by atoms with E-state index in [-0.39, 0.29) is 0 Å². The van der Waals surface area contributed by atoms with Gasteiger partial charge in [0, 0.05) is 32.3 Å². The van der Waals surface area contributed by atoms with Gasteiger partial charge in [0.2, 0.25) is 0 Å². The van der Waals surface area contributed by atoms with E-state index in [1.54, 1.807) is 0 Å². The number of rotatable bonds is 6. The highest BCUT2D eigenvalue weighted by atomic mass is 16.5. The molecule has 1 unspecified atom stereocenters. The van der Waals surface area contributed by atoms with E-state index in [0.717, 1.165) is 52.2 Å². The summed E-state index contributed by atoms with van der Waals surface area (Å²) >= 11 is 0. The molecule has 1 aromatic carbocycles. The van der Waals surface area contributed by atoms with Crippen molar-refractivity contribution < 1.29 is 4.74 Å². The largest absolute Gasteiger partial charge is 0.380 e. The van der Waals surface area contributed by atoms with E-state index in [1.165, 1.54) is 11.1 Å². The Bertz CT molecular complexity index is 369. The Morgan fingerprint density at radius 2 is 1.95 bits per heavy atom. The first-order valence-corrected chi connectivity index (χ1v) is 7.95. The van der Waals surface area contributed by atoms with E-state index >= 15 is 0 Å². The van der Waals surface area contributed by atoms with Crippen LogP contribution >= 0.6 is 0 Å². The first-order valence-electron chi connectivity index (χ1n) is 7.95. The lowest BCUT2D eigenvalue weighted by molar-refractivity contribution is 0.139. The van der Waals surface area contributed by atoms with E-state index in [9.17, 15) is 0 Å². The Balaban J connectivity index is 2.00. The molecule has 1 atom stereocenters. The second kappa shape index (κ2) is 8.40. The van der Waals surface area contributed by atoms with Gasteiger partial charge in [-0.05, 0) is 30.5 Å². The van der Waals surface area contributed by atoms with Crippen molar-refractivity contribution in [2.45, 2.75) is 32.7 Å². The van der Waals surface area contributed by atoms with Crippen LogP contribution in [0.2, 0.25) is 0 Å². The molecule has 3 nitrogen and oxygen atoms in total. The lowest BCUT2D eigenvalue weighted by atomic mass is 10.0. The Morgan fingerprint density at radius 3 is 2.65 bits per heavy atom. The molecule has 0 aliphatic carbocycles.